The molecule has 1 rings (SSSR count). The Labute approximate surface area is 101 Å². The van der Waals surface area contributed by atoms with E-state index in [9.17, 15) is 8.76 Å². The van der Waals surface area contributed by atoms with E-state index in [1.165, 1.54) is 0 Å². The molecule has 66 valence electrons. The maximum Gasteiger partial charge on any atom is 1.00 e. The van der Waals surface area contributed by atoms with E-state index >= 15 is 0 Å². The van der Waals surface area contributed by atoms with Crippen molar-refractivity contribution in [1.82, 2.24) is 0 Å². The van der Waals surface area contributed by atoms with Gasteiger partial charge in [-0.1, -0.05) is 34.0 Å². The Bertz CT molecular complexity index is 304. The quantitative estimate of drug-likeness (QED) is 0.481. The molecule has 0 amide bonds. The molecule has 0 bridgehead atoms. The fourth-order valence-corrected chi connectivity index (χ4v) is 1.51. The third-order valence-corrected chi connectivity index (χ3v) is 2.17. The Balaban J connectivity index is 0.00000144. The molecule has 0 radical (unpaired) electrons. The van der Waals surface area contributed by atoms with Crippen LogP contribution in [0.1, 0.15) is 11.1 Å². The monoisotopic (exact) mass is 209 g/mol. The molecular weight excluding hydrogens is 199 g/mol. The van der Waals surface area contributed by atoms with Crippen LogP contribution >= 0.6 is 0 Å². The van der Waals surface area contributed by atoms with Crippen molar-refractivity contribution < 1.29 is 42.9 Å². The van der Waals surface area contributed by atoms with Crippen LogP contribution in [0.15, 0.2) is 24.3 Å². The summed E-state index contributed by atoms with van der Waals surface area (Å²) in [5, 5.41) is 0. The van der Waals surface area contributed by atoms with Crippen LogP contribution in [0.4, 0.5) is 0 Å². The Hall–Kier alpha value is 0.290. The molecule has 1 unspecified atom stereocenters. The van der Waals surface area contributed by atoms with E-state index in [0.29, 0.717) is 5.56 Å². The molecule has 0 fully saturated rings. The first-order chi connectivity index (χ1) is 5.47. The second kappa shape index (κ2) is 5.24. The van der Waals surface area contributed by atoms with Crippen molar-refractivity contribution in [3.8, 4) is 0 Å². The third kappa shape index (κ3) is 5.57. The van der Waals surface area contributed by atoms with Gasteiger partial charge in [-0.25, -0.2) is 0 Å². The van der Waals surface area contributed by atoms with Gasteiger partial charge < -0.3 is 4.55 Å². The van der Waals surface area contributed by atoms with E-state index in [1.54, 1.807) is 24.3 Å². The zero-order chi connectivity index (χ0) is 9.19. The summed E-state index contributed by atoms with van der Waals surface area (Å²) in [7, 11) is -3.89. The summed E-state index contributed by atoms with van der Waals surface area (Å²) in [5.74, 6) is -0.312. The van der Waals surface area contributed by atoms with Gasteiger partial charge in [0.05, 0.1) is 0 Å². The fourth-order valence-electron chi connectivity index (χ4n) is 0.895. The average Bonchev–Trinajstić information content (AvgIpc) is 1.91. The summed E-state index contributed by atoms with van der Waals surface area (Å²) in [4.78, 5) is 0. The number of hydrogen-bond acceptors (Lipinski definition) is 2. The van der Waals surface area contributed by atoms with Crippen LogP contribution in [0.3, 0.4) is 0 Å². The summed E-state index contributed by atoms with van der Waals surface area (Å²) in [6.45, 7) is 1.91. The van der Waals surface area contributed by atoms with Crippen molar-refractivity contribution in [2.75, 3.05) is 0 Å². The number of hydrogen-bond donors (Lipinski definition) is 1. The molecule has 0 spiro atoms. The smallest absolute Gasteiger partial charge is 0.586 e. The molecule has 0 aliphatic carbocycles. The molecule has 0 heterocycles. The molecule has 1 aromatic carbocycles. The van der Waals surface area contributed by atoms with Gasteiger partial charge in [0.15, 0.2) is 16.2 Å². The van der Waals surface area contributed by atoms with Gasteiger partial charge in [0.1, 0.15) is 0 Å². The molecule has 1 N–H and O–H groups in total. The first-order valence-corrected chi connectivity index (χ1v) is 5.09. The molecule has 0 aliphatic rings. The standard InChI is InChI=1S/C8H10O3S.Na/c1-7-2-4-8(5-3-7)6-12(9,10)11;/h2-5H,6H2,1H3,(H-,9,10,11);/q;+1. The summed E-state index contributed by atoms with van der Waals surface area (Å²) in [6.07, 6.45) is 0. The first-order valence-electron chi connectivity index (χ1n) is 3.48. The van der Waals surface area contributed by atoms with Gasteiger partial charge in [0, 0.05) is 5.56 Å². The van der Waals surface area contributed by atoms with Crippen molar-refractivity contribution in [3.63, 3.8) is 0 Å². The molecular formula is C8H10NaO3S+. The minimum atomic E-state index is -3.89. The summed E-state index contributed by atoms with van der Waals surface area (Å²) >= 11 is 0. The van der Waals surface area contributed by atoms with Gasteiger partial charge >= 0.3 is 29.6 Å². The SMILES string of the molecule is Cc1ccc(C[S+](=O)([O-])O)cc1.[Na+]. The van der Waals surface area contributed by atoms with Crippen LogP contribution in [0.5, 0.6) is 0 Å². The van der Waals surface area contributed by atoms with E-state index < -0.39 is 10.5 Å². The van der Waals surface area contributed by atoms with E-state index in [1.807, 2.05) is 6.92 Å². The van der Waals surface area contributed by atoms with Crippen molar-refractivity contribution in [2.24, 2.45) is 0 Å². The van der Waals surface area contributed by atoms with E-state index in [2.05, 4.69) is 0 Å². The summed E-state index contributed by atoms with van der Waals surface area (Å²) in [5.41, 5.74) is 1.66. The predicted molar refractivity (Wildman–Crippen MR) is 46.3 cm³/mol. The van der Waals surface area contributed by atoms with Crippen LogP contribution in [-0.4, -0.2) is 9.11 Å². The maximum absolute atomic E-state index is 10.4. The van der Waals surface area contributed by atoms with Gasteiger partial charge in [0.25, 0.3) is 0 Å². The molecule has 5 heteroatoms. The van der Waals surface area contributed by atoms with Crippen molar-refractivity contribution in [3.05, 3.63) is 35.4 Å². The molecule has 0 aromatic heterocycles. The van der Waals surface area contributed by atoms with Crippen molar-refractivity contribution >= 4 is 10.5 Å². The normalized spacial score (nSPS) is 14.4. The summed E-state index contributed by atoms with van der Waals surface area (Å²) < 4.78 is 29.4. The van der Waals surface area contributed by atoms with Gasteiger partial charge in [-0.2, -0.15) is 4.55 Å². The van der Waals surface area contributed by atoms with Gasteiger partial charge in [-0.3, -0.25) is 0 Å². The zero-order valence-electron chi connectivity index (χ0n) is 7.69. The second-order valence-electron chi connectivity index (χ2n) is 2.71. The second-order valence-corrected chi connectivity index (χ2v) is 4.16. The molecule has 0 saturated carbocycles. The fraction of sp³-hybridized carbons (Fsp3) is 0.250. The van der Waals surface area contributed by atoms with Crippen molar-refractivity contribution in [1.29, 1.82) is 0 Å². The van der Waals surface area contributed by atoms with E-state index in [4.69, 9.17) is 4.55 Å². The summed E-state index contributed by atoms with van der Waals surface area (Å²) in [6, 6.07) is 6.98. The molecule has 1 atom stereocenters. The van der Waals surface area contributed by atoms with E-state index in [0.717, 1.165) is 5.56 Å². The Morgan fingerprint density at radius 2 is 1.85 bits per heavy atom. The maximum atomic E-state index is 10.4. The van der Waals surface area contributed by atoms with Crippen LogP contribution in [0.25, 0.3) is 0 Å². The van der Waals surface area contributed by atoms with Crippen LogP contribution in [0, 0.1) is 6.92 Å². The minimum absolute atomic E-state index is 0. The largest absolute Gasteiger partial charge is 1.00 e. The molecule has 13 heavy (non-hydrogen) atoms. The zero-order valence-corrected chi connectivity index (χ0v) is 10.5. The molecule has 0 aliphatic heterocycles. The molecule has 0 saturated heterocycles. The Morgan fingerprint density at radius 1 is 1.38 bits per heavy atom. The van der Waals surface area contributed by atoms with Crippen molar-refractivity contribution in [2.45, 2.75) is 12.7 Å². The number of aryl methyl sites for hydroxylation is 1. The van der Waals surface area contributed by atoms with E-state index in [-0.39, 0.29) is 35.3 Å². The van der Waals surface area contributed by atoms with Crippen LogP contribution in [0.2, 0.25) is 0 Å². The van der Waals surface area contributed by atoms with Crippen LogP contribution < -0.4 is 29.6 Å². The number of benzene rings is 1. The third-order valence-electron chi connectivity index (χ3n) is 1.47. The van der Waals surface area contributed by atoms with Crippen LogP contribution in [-0.2, 0) is 20.5 Å². The Morgan fingerprint density at radius 3 is 2.23 bits per heavy atom. The predicted octanol–water partition coefficient (Wildman–Crippen LogP) is -1.40. The molecule has 3 nitrogen and oxygen atoms in total. The topological polar surface area (TPSA) is 60.4 Å². The van der Waals surface area contributed by atoms with Gasteiger partial charge in [0.2, 0.25) is 0 Å². The molecule has 1 aromatic rings. The Kier molecular flexibility index (Phi) is 5.36. The average molecular weight is 209 g/mol. The van der Waals surface area contributed by atoms with Gasteiger partial charge in [-0.15, -0.1) is 0 Å². The van der Waals surface area contributed by atoms with Gasteiger partial charge in [-0.05, 0) is 6.92 Å². The first kappa shape index (κ1) is 13.3. The minimum Gasteiger partial charge on any atom is -0.586 e. The number of rotatable bonds is 2.